The molecule has 1 heterocycles. The average Bonchev–Trinajstić information content (AvgIpc) is 2.72. The van der Waals surface area contributed by atoms with E-state index in [0.717, 1.165) is 46.5 Å². The van der Waals surface area contributed by atoms with Gasteiger partial charge in [-0.15, -0.1) is 0 Å². The van der Waals surface area contributed by atoms with Gasteiger partial charge in [0.1, 0.15) is 12.4 Å². The number of halogens is 2. The minimum Gasteiger partial charge on any atom is -0.490 e. The Labute approximate surface area is 197 Å². The molecule has 1 fully saturated rings. The number of carbonyl (C=O) groups is 1. The van der Waals surface area contributed by atoms with Gasteiger partial charge in [0.25, 0.3) is 0 Å². The molecule has 2 aromatic rings. The number of hydrogen-bond donors (Lipinski definition) is 3. The topological polar surface area (TPSA) is 62.4 Å². The van der Waals surface area contributed by atoms with Crippen molar-refractivity contribution in [1.82, 2.24) is 16.0 Å². The lowest BCUT2D eigenvalue weighted by molar-refractivity contribution is -0.120. The highest BCUT2D eigenvalue weighted by Gasteiger charge is 2.16. The molecule has 0 bridgehead atoms. The lowest BCUT2D eigenvalue weighted by Gasteiger charge is -2.27. The van der Waals surface area contributed by atoms with Crippen LogP contribution in [0.4, 0.5) is 0 Å². The molecule has 31 heavy (non-hydrogen) atoms. The second kappa shape index (κ2) is 12.1. The van der Waals surface area contributed by atoms with E-state index in [1.807, 2.05) is 48.6 Å². The molecule has 0 atom stereocenters. The van der Waals surface area contributed by atoms with E-state index in [2.05, 4.69) is 38.5 Å². The molecule has 1 aliphatic heterocycles. The molecular formula is C24H27BrClN3O2. The molecule has 0 aliphatic carbocycles. The summed E-state index contributed by atoms with van der Waals surface area (Å²) in [6.45, 7) is 7.78. The number of nitrogens with one attached hydrogen (secondary N) is 3. The van der Waals surface area contributed by atoms with Crippen LogP contribution >= 0.6 is 27.5 Å². The first-order valence-electron chi connectivity index (χ1n) is 10.2. The van der Waals surface area contributed by atoms with Crippen LogP contribution < -0.4 is 20.7 Å². The van der Waals surface area contributed by atoms with Crippen LogP contribution in [0.1, 0.15) is 16.7 Å². The second-order valence-corrected chi connectivity index (χ2v) is 8.73. The van der Waals surface area contributed by atoms with Crippen LogP contribution in [0.15, 0.2) is 53.5 Å². The number of carbonyl (C=O) groups excluding carboxylic acids is 1. The van der Waals surface area contributed by atoms with Crippen LogP contribution in [-0.2, 0) is 11.3 Å². The van der Waals surface area contributed by atoms with Crippen LogP contribution in [0.25, 0.3) is 12.2 Å². The van der Waals surface area contributed by atoms with Crippen LogP contribution in [0, 0.1) is 5.92 Å². The van der Waals surface area contributed by atoms with E-state index in [4.69, 9.17) is 16.3 Å². The molecule has 5 nitrogen and oxygen atoms in total. The van der Waals surface area contributed by atoms with E-state index in [-0.39, 0.29) is 5.91 Å². The highest BCUT2D eigenvalue weighted by molar-refractivity contribution is 9.10. The van der Waals surface area contributed by atoms with Crippen molar-refractivity contribution in [2.24, 2.45) is 5.92 Å². The first-order chi connectivity index (χ1) is 15.0. The molecule has 0 saturated carbocycles. The summed E-state index contributed by atoms with van der Waals surface area (Å²) in [4.78, 5) is 12.2. The Bertz CT molecular complexity index is 944. The maximum Gasteiger partial charge on any atom is 0.234 e. The molecule has 1 amide bonds. The first kappa shape index (κ1) is 23.5. The normalized spacial score (nSPS) is 13.7. The Hall–Kier alpha value is -2.12. The molecule has 0 aromatic heterocycles. The maximum atomic E-state index is 12.2. The summed E-state index contributed by atoms with van der Waals surface area (Å²) < 4.78 is 6.66. The first-order valence-corrected chi connectivity index (χ1v) is 11.4. The summed E-state index contributed by atoms with van der Waals surface area (Å²) in [6, 6.07) is 11.6. The van der Waals surface area contributed by atoms with Crippen molar-refractivity contribution in [2.75, 3.05) is 32.8 Å². The minimum absolute atomic E-state index is 0.0214. The van der Waals surface area contributed by atoms with Gasteiger partial charge in [-0.25, -0.2) is 0 Å². The zero-order valence-electron chi connectivity index (χ0n) is 17.3. The summed E-state index contributed by atoms with van der Waals surface area (Å²) >= 11 is 9.56. The smallest absolute Gasteiger partial charge is 0.234 e. The average molecular weight is 505 g/mol. The van der Waals surface area contributed by atoms with Crippen molar-refractivity contribution in [3.05, 3.63) is 75.2 Å². The fourth-order valence-electron chi connectivity index (χ4n) is 3.09. The Morgan fingerprint density at radius 1 is 1.26 bits per heavy atom. The maximum absolute atomic E-state index is 12.2. The SMILES string of the molecule is C=CCOc1cc(/C=C/c2ccc(Cl)cc2Br)cc(CNC(=O)CNCC2CNC2)c1. The molecular weight excluding hydrogens is 478 g/mol. The highest BCUT2D eigenvalue weighted by atomic mass is 79.9. The van der Waals surface area contributed by atoms with Gasteiger partial charge in [-0.05, 0) is 52.9 Å². The number of benzene rings is 2. The summed E-state index contributed by atoms with van der Waals surface area (Å²) in [5.74, 6) is 1.34. The zero-order chi connectivity index (χ0) is 22.1. The zero-order valence-corrected chi connectivity index (χ0v) is 19.6. The van der Waals surface area contributed by atoms with Crippen molar-refractivity contribution in [3.8, 4) is 5.75 Å². The monoisotopic (exact) mass is 503 g/mol. The quantitative estimate of drug-likeness (QED) is 0.316. The van der Waals surface area contributed by atoms with E-state index in [9.17, 15) is 4.79 Å². The van der Waals surface area contributed by atoms with Gasteiger partial charge in [0.2, 0.25) is 5.91 Å². The molecule has 3 rings (SSSR count). The summed E-state index contributed by atoms with van der Waals surface area (Å²) in [5.41, 5.74) is 2.96. The Balaban J connectivity index is 1.63. The Morgan fingerprint density at radius 3 is 2.81 bits per heavy atom. The third kappa shape index (κ3) is 7.82. The van der Waals surface area contributed by atoms with E-state index in [0.29, 0.717) is 30.6 Å². The minimum atomic E-state index is -0.0214. The second-order valence-electron chi connectivity index (χ2n) is 7.44. The lowest BCUT2D eigenvalue weighted by atomic mass is 10.0. The predicted octanol–water partition coefficient (Wildman–Crippen LogP) is 4.26. The Morgan fingerprint density at radius 2 is 2.10 bits per heavy atom. The standard InChI is InChI=1S/C24H27BrClN3O2/c1-2-7-31-22-9-17(3-4-20-5-6-21(26)11-23(20)25)8-18(10-22)15-29-24(30)16-28-14-19-12-27-13-19/h2-6,8-11,19,27-28H,1,7,12-16H2,(H,29,30)/b4-3+. The summed E-state index contributed by atoms with van der Waals surface area (Å²) in [7, 11) is 0. The molecule has 2 aromatic carbocycles. The molecule has 3 N–H and O–H groups in total. The van der Waals surface area contributed by atoms with Crippen LogP contribution in [0.2, 0.25) is 5.02 Å². The van der Waals surface area contributed by atoms with E-state index in [1.165, 1.54) is 0 Å². The molecule has 164 valence electrons. The molecule has 0 radical (unpaired) electrons. The van der Waals surface area contributed by atoms with Crippen molar-refractivity contribution >= 4 is 45.6 Å². The van der Waals surface area contributed by atoms with Crippen LogP contribution in [-0.4, -0.2) is 38.7 Å². The van der Waals surface area contributed by atoms with Crippen LogP contribution in [0.3, 0.4) is 0 Å². The van der Waals surface area contributed by atoms with Gasteiger partial charge in [-0.2, -0.15) is 0 Å². The van der Waals surface area contributed by atoms with Gasteiger partial charge in [-0.1, -0.05) is 58.4 Å². The van der Waals surface area contributed by atoms with Crippen molar-refractivity contribution in [2.45, 2.75) is 6.54 Å². The van der Waals surface area contributed by atoms with Gasteiger partial charge >= 0.3 is 0 Å². The Kier molecular flexibility index (Phi) is 9.15. The third-order valence-corrected chi connectivity index (χ3v) is 5.77. The molecule has 1 saturated heterocycles. The fraction of sp³-hybridized carbons (Fsp3) is 0.292. The van der Waals surface area contributed by atoms with Crippen molar-refractivity contribution in [3.63, 3.8) is 0 Å². The lowest BCUT2D eigenvalue weighted by Crippen LogP contribution is -2.48. The van der Waals surface area contributed by atoms with Gasteiger partial charge in [0, 0.05) is 35.7 Å². The molecule has 0 spiro atoms. The van der Waals surface area contributed by atoms with Crippen molar-refractivity contribution < 1.29 is 9.53 Å². The van der Waals surface area contributed by atoms with Gasteiger partial charge in [0.05, 0.1) is 6.54 Å². The van der Waals surface area contributed by atoms with Crippen molar-refractivity contribution in [1.29, 1.82) is 0 Å². The molecule has 7 heteroatoms. The fourth-order valence-corrected chi connectivity index (χ4v) is 3.91. The third-order valence-electron chi connectivity index (χ3n) is 4.85. The summed E-state index contributed by atoms with van der Waals surface area (Å²) in [6.07, 6.45) is 5.72. The van der Waals surface area contributed by atoms with Gasteiger partial charge in [0.15, 0.2) is 0 Å². The summed E-state index contributed by atoms with van der Waals surface area (Å²) in [5, 5.41) is 10.1. The van der Waals surface area contributed by atoms with Gasteiger partial charge in [-0.3, -0.25) is 4.79 Å². The van der Waals surface area contributed by atoms with E-state index in [1.54, 1.807) is 6.08 Å². The van der Waals surface area contributed by atoms with E-state index < -0.39 is 0 Å². The number of hydrogen-bond acceptors (Lipinski definition) is 4. The molecule has 1 aliphatic rings. The predicted molar refractivity (Wildman–Crippen MR) is 131 cm³/mol. The number of amides is 1. The largest absolute Gasteiger partial charge is 0.490 e. The number of rotatable bonds is 11. The number of ether oxygens (including phenoxy) is 1. The molecule has 0 unspecified atom stereocenters. The van der Waals surface area contributed by atoms with E-state index >= 15 is 0 Å². The van der Waals surface area contributed by atoms with Gasteiger partial charge < -0.3 is 20.7 Å². The van der Waals surface area contributed by atoms with Crippen LogP contribution in [0.5, 0.6) is 5.75 Å². The highest BCUT2D eigenvalue weighted by Crippen LogP contribution is 2.25.